The van der Waals surface area contributed by atoms with E-state index in [0.29, 0.717) is 13.0 Å². The molecule has 0 radical (unpaired) electrons. The molecule has 1 aromatic heterocycles. The minimum Gasteiger partial charge on any atom is -0.496 e. The second-order valence-corrected chi connectivity index (χ2v) is 6.95. The van der Waals surface area contributed by atoms with Crippen molar-refractivity contribution in [3.8, 4) is 5.75 Å². The number of rotatable bonds is 7. The highest BCUT2D eigenvalue weighted by atomic mass is 19.1. The van der Waals surface area contributed by atoms with Gasteiger partial charge in [0.25, 0.3) is 0 Å². The number of methoxy groups -OCH3 is 1. The Labute approximate surface area is 149 Å². The van der Waals surface area contributed by atoms with Crippen LogP contribution in [0.5, 0.6) is 5.75 Å². The minimum atomic E-state index is -0.749. The van der Waals surface area contributed by atoms with Crippen LogP contribution in [0.15, 0.2) is 36.7 Å². The molecular weight excluding hydrogens is 319 g/mol. The summed E-state index contributed by atoms with van der Waals surface area (Å²) in [5.41, 5.74) is 2.29. The topological polar surface area (TPSA) is 33.5 Å². The van der Waals surface area contributed by atoms with Crippen LogP contribution in [0.2, 0.25) is 0 Å². The zero-order chi connectivity index (χ0) is 17.8. The first-order chi connectivity index (χ1) is 12.0. The lowest BCUT2D eigenvalue weighted by Gasteiger charge is -2.28. The van der Waals surface area contributed by atoms with Crippen molar-refractivity contribution in [3.63, 3.8) is 0 Å². The first-order valence-electron chi connectivity index (χ1n) is 8.71. The SMILES string of the molecule is COc1ccccc1CN(C)C[C@@H]1C[C@H](F)CN1Cc1cnn(C)c1. The molecule has 2 heterocycles. The summed E-state index contributed by atoms with van der Waals surface area (Å²) in [6.45, 7) is 2.88. The molecular formula is C19H27FN4O. The molecule has 3 rings (SSSR count). The van der Waals surface area contributed by atoms with Crippen molar-refractivity contribution >= 4 is 0 Å². The van der Waals surface area contributed by atoms with Crippen molar-refractivity contribution in [2.45, 2.75) is 31.7 Å². The third-order valence-corrected chi connectivity index (χ3v) is 4.78. The maximum atomic E-state index is 14.0. The van der Waals surface area contributed by atoms with E-state index in [9.17, 15) is 4.39 Å². The van der Waals surface area contributed by atoms with Crippen molar-refractivity contribution in [1.29, 1.82) is 0 Å². The summed E-state index contributed by atoms with van der Waals surface area (Å²) in [6.07, 6.45) is 3.71. The van der Waals surface area contributed by atoms with E-state index in [-0.39, 0.29) is 6.04 Å². The number of likely N-dealkylation sites (tertiary alicyclic amines) is 1. The highest BCUT2D eigenvalue weighted by molar-refractivity contribution is 5.33. The van der Waals surface area contributed by atoms with E-state index in [4.69, 9.17) is 4.74 Å². The summed E-state index contributed by atoms with van der Waals surface area (Å²) >= 11 is 0. The predicted octanol–water partition coefficient (Wildman–Crippen LogP) is 2.47. The zero-order valence-corrected chi connectivity index (χ0v) is 15.2. The Hall–Kier alpha value is -1.92. The molecule has 6 heteroatoms. The standard InChI is InChI=1S/C19H27FN4O/c1-22(12-16-6-4-5-7-19(16)25-3)14-18-8-17(20)13-24(18)11-15-9-21-23(2)10-15/h4-7,9-10,17-18H,8,11-14H2,1-3H3/t17-,18-/m0/s1. The van der Waals surface area contributed by atoms with Gasteiger partial charge in [-0.1, -0.05) is 18.2 Å². The van der Waals surface area contributed by atoms with Crippen LogP contribution in [0.3, 0.4) is 0 Å². The van der Waals surface area contributed by atoms with E-state index >= 15 is 0 Å². The highest BCUT2D eigenvalue weighted by Crippen LogP contribution is 2.25. The molecule has 0 bridgehead atoms. The first kappa shape index (κ1) is 17.9. The van der Waals surface area contributed by atoms with Crippen LogP contribution in [-0.4, -0.2) is 59.0 Å². The third kappa shape index (κ3) is 4.58. The van der Waals surface area contributed by atoms with Gasteiger partial charge in [-0.2, -0.15) is 5.10 Å². The van der Waals surface area contributed by atoms with Crippen molar-refractivity contribution in [3.05, 3.63) is 47.8 Å². The van der Waals surface area contributed by atoms with Crippen molar-refractivity contribution in [2.24, 2.45) is 7.05 Å². The minimum absolute atomic E-state index is 0.218. The highest BCUT2D eigenvalue weighted by Gasteiger charge is 2.32. The Kier molecular flexibility index (Phi) is 5.71. The molecule has 0 spiro atoms. The molecule has 1 saturated heterocycles. The normalized spacial score (nSPS) is 21.2. The van der Waals surface area contributed by atoms with Gasteiger partial charge in [0, 0.05) is 56.6 Å². The average Bonchev–Trinajstić information content (AvgIpc) is 3.13. The number of aryl methyl sites for hydroxylation is 1. The summed E-state index contributed by atoms with van der Waals surface area (Å²) in [5, 5.41) is 4.21. The molecule has 0 saturated carbocycles. The van der Waals surface area contributed by atoms with Crippen LogP contribution in [0.4, 0.5) is 4.39 Å². The van der Waals surface area contributed by atoms with E-state index < -0.39 is 6.17 Å². The van der Waals surface area contributed by atoms with Gasteiger partial charge in [-0.05, 0) is 19.5 Å². The number of alkyl halides is 1. The maximum absolute atomic E-state index is 14.0. The van der Waals surface area contributed by atoms with E-state index in [0.717, 1.165) is 36.5 Å². The summed E-state index contributed by atoms with van der Waals surface area (Å²) in [6, 6.07) is 8.27. The fraction of sp³-hybridized carbons (Fsp3) is 0.526. The van der Waals surface area contributed by atoms with Crippen LogP contribution in [0.25, 0.3) is 0 Å². The van der Waals surface area contributed by atoms with Crippen molar-refractivity contribution in [2.75, 3.05) is 27.2 Å². The van der Waals surface area contributed by atoms with Crippen LogP contribution in [0.1, 0.15) is 17.5 Å². The first-order valence-corrected chi connectivity index (χ1v) is 8.71. The van der Waals surface area contributed by atoms with Crippen molar-refractivity contribution in [1.82, 2.24) is 19.6 Å². The number of likely N-dealkylation sites (N-methyl/N-ethyl adjacent to an activating group) is 1. The van der Waals surface area contributed by atoms with Gasteiger partial charge in [0.15, 0.2) is 0 Å². The lowest BCUT2D eigenvalue weighted by Crippen LogP contribution is -2.38. The molecule has 0 amide bonds. The van der Waals surface area contributed by atoms with E-state index in [2.05, 4.69) is 28.0 Å². The quantitative estimate of drug-likeness (QED) is 0.771. The molecule has 1 aliphatic rings. The molecule has 2 aromatic rings. The van der Waals surface area contributed by atoms with E-state index in [1.807, 2.05) is 37.6 Å². The largest absolute Gasteiger partial charge is 0.496 e. The molecule has 1 fully saturated rings. The Balaban J connectivity index is 1.61. The van der Waals surface area contributed by atoms with Gasteiger partial charge in [-0.15, -0.1) is 0 Å². The van der Waals surface area contributed by atoms with Gasteiger partial charge in [-0.3, -0.25) is 9.58 Å². The number of benzene rings is 1. The van der Waals surface area contributed by atoms with Crippen LogP contribution < -0.4 is 4.74 Å². The average molecular weight is 346 g/mol. The maximum Gasteiger partial charge on any atom is 0.123 e. The molecule has 1 aromatic carbocycles. The number of hydrogen-bond donors (Lipinski definition) is 0. The summed E-state index contributed by atoms with van der Waals surface area (Å²) < 4.78 is 21.2. The molecule has 0 aliphatic carbocycles. The lowest BCUT2D eigenvalue weighted by molar-refractivity contribution is 0.180. The molecule has 0 N–H and O–H groups in total. The molecule has 2 atom stereocenters. The number of hydrogen-bond acceptors (Lipinski definition) is 4. The smallest absolute Gasteiger partial charge is 0.123 e. The molecule has 5 nitrogen and oxygen atoms in total. The molecule has 1 aliphatic heterocycles. The Morgan fingerprint density at radius 1 is 1.36 bits per heavy atom. The van der Waals surface area contributed by atoms with Crippen LogP contribution >= 0.6 is 0 Å². The molecule has 0 unspecified atom stereocenters. The molecule has 136 valence electrons. The summed E-state index contributed by atoms with van der Waals surface area (Å²) in [4.78, 5) is 4.48. The Morgan fingerprint density at radius 3 is 2.88 bits per heavy atom. The fourth-order valence-corrected chi connectivity index (χ4v) is 3.64. The van der Waals surface area contributed by atoms with E-state index in [1.165, 1.54) is 0 Å². The second-order valence-electron chi connectivity index (χ2n) is 6.95. The number of aromatic nitrogens is 2. The third-order valence-electron chi connectivity index (χ3n) is 4.78. The number of para-hydroxylation sites is 1. The second kappa shape index (κ2) is 7.97. The number of ether oxygens (including phenoxy) is 1. The molecule has 25 heavy (non-hydrogen) atoms. The van der Waals surface area contributed by atoms with Gasteiger partial charge in [0.2, 0.25) is 0 Å². The zero-order valence-electron chi connectivity index (χ0n) is 15.2. The predicted molar refractivity (Wildman–Crippen MR) is 96.2 cm³/mol. The van der Waals surface area contributed by atoms with E-state index in [1.54, 1.807) is 11.8 Å². The number of nitrogens with zero attached hydrogens (tertiary/aromatic N) is 4. The Morgan fingerprint density at radius 2 is 2.16 bits per heavy atom. The Bertz CT molecular complexity index is 690. The van der Waals surface area contributed by atoms with Crippen molar-refractivity contribution < 1.29 is 9.13 Å². The van der Waals surface area contributed by atoms with Crippen LogP contribution in [0, 0.1) is 0 Å². The summed E-state index contributed by atoms with van der Waals surface area (Å²) in [5.74, 6) is 0.899. The van der Waals surface area contributed by atoms with Crippen LogP contribution in [-0.2, 0) is 20.1 Å². The number of halogens is 1. The van der Waals surface area contributed by atoms with Gasteiger partial charge in [0.05, 0.1) is 13.3 Å². The van der Waals surface area contributed by atoms with Gasteiger partial charge in [0.1, 0.15) is 11.9 Å². The monoisotopic (exact) mass is 346 g/mol. The van der Waals surface area contributed by atoms with Gasteiger partial charge < -0.3 is 9.64 Å². The fourth-order valence-electron chi connectivity index (χ4n) is 3.64. The lowest BCUT2D eigenvalue weighted by atomic mass is 10.1. The van der Waals surface area contributed by atoms with Gasteiger partial charge in [-0.25, -0.2) is 4.39 Å². The van der Waals surface area contributed by atoms with Gasteiger partial charge >= 0.3 is 0 Å². The summed E-state index contributed by atoms with van der Waals surface area (Å²) in [7, 11) is 5.68.